The number of benzene rings is 1. The zero-order chi connectivity index (χ0) is 15.8. The van der Waals surface area contributed by atoms with Gasteiger partial charge in [0.05, 0.1) is 11.2 Å². The van der Waals surface area contributed by atoms with Crippen molar-refractivity contribution in [2.75, 3.05) is 11.9 Å². The first-order valence-electron chi connectivity index (χ1n) is 8.26. The summed E-state index contributed by atoms with van der Waals surface area (Å²) in [6, 6.07) is 8.63. The van der Waals surface area contributed by atoms with E-state index in [4.69, 9.17) is 0 Å². The van der Waals surface area contributed by atoms with Gasteiger partial charge in [0.15, 0.2) is 0 Å². The summed E-state index contributed by atoms with van der Waals surface area (Å²) in [6.45, 7) is 3.09. The molecule has 1 aromatic carbocycles. The normalized spacial score (nSPS) is 21.0. The smallest absolute Gasteiger partial charge is 0.256 e. The molecule has 2 aliphatic rings. The molecule has 2 atom stereocenters. The summed E-state index contributed by atoms with van der Waals surface area (Å²) in [5.74, 6) is 1.42. The van der Waals surface area contributed by atoms with Gasteiger partial charge in [0, 0.05) is 17.5 Å². The summed E-state index contributed by atoms with van der Waals surface area (Å²) in [4.78, 5) is 16.5. The highest BCUT2D eigenvalue weighted by atomic mass is 35.5. The van der Waals surface area contributed by atoms with Gasteiger partial charge in [0.1, 0.15) is 5.00 Å². The Balaban J connectivity index is 0.00000113. The van der Waals surface area contributed by atoms with Gasteiger partial charge >= 0.3 is 0 Å². The molecule has 0 saturated heterocycles. The predicted octanol–water partition coefficient (Wildman–Crippen LogP) is 4.40. The molecule has 2 N–H and O–H groups in total. The fraction of sp³-hybridized carbons (Fsp3) is 0.444. The Bertz CT molecular complexity index is 733. The number of nitrogens with one attached hydrogen (secondary N) is 2. The van der Waals surface area contributed by atoms with Gasteiger partial charge in [0.2, 0.25) is 0 Å². The number of halogens is 2. The highest BCUT2D eigenvalue weighted by Crippen LogP contribution is 2.41. The Morgan fingerprint density at radius 3 is 2.80 bits per heavy atom. The van der Waals surface area contributed by atoms with Crippen LogP contribution in [0, 0.1) is 12.8 Å². The minimum atomic E-state index is -0.0568. The first kappa shape index (κ1) is 20.2. The molecule has 0 spiro atoms. The number of carbonyl (C=O) groups is 1. The van der Waals surface area contributed by atoms with E-state index in [1.807, 2.05) is 25.1 Å². The molecule has 7 heteroatoms. The third kappa shape index (κ3) is 5.17. The van der Waals surface area contributed by atoms with Crippen LogP contribution in [0.25, 0.3) is 0 Å². The quantitative estimate of drug-likeness (QED) is 0.756. The summed E-state index contributed by atoms with van der Waals surface area (Å²) < 4.78 is 0. The lowest BCUT2D eigenvalue weighted by Gasteiger charge is -2.06. The van der Waals surface area contributed by atoms with Crippen molar-refractivity contribution >= 4 is 47.1 Å². The maximum absolute atomic E-state index is 12.4. The number of hydrogen-bond donors (Lipinski definition) is 2. The minimum absolute atomic E-state index is 0. The highest BCUT2D eigenvalue weighted by molar-refractivity contribution is 7.15. The number of rotatable bonds is 6. The standard InChI is InChI=1S/C18H21N3OS.2ClH/c1-11-19-10-17(23-11)21-18(22)14-4-2-3-13(7-14)15-8-16(15)20-9-12-5-6-12;;/h2-4,7,10,12,15-16,20H,5-6,8-9H2,1H3,(H,21,22);2*1H. The van der Waals surface area contributed by atoms with Gasteiger partial charge in [-0.05, 0) is 56.3 Å². The number of carbonyl (C=O) groups excluding carboxylic acids is 1. The van der Waals surface area contributed by atoms with E-state index in [2.05, 4.69) is 21.7 Å². The van der Waals surface area contributed by atoms with Gasteiger partial charge in [-0.2, -0.15) is 0 Å². The average Bonchev–Trinajstić information content (AvgIpc) is 3.45. The van der Waals surface area contributed by atoms with Crippen LogP contribution in [0.1, 0.15) is 46.1 Å². The summed E-state index contributed by atoms with van der Waals surface area (Å²) in [7, 11) is 0. The van der Waals surface area contributed by atoms with Gasteiger partial charge in [-0.1, -0.05) is 12.1 Å². The lowest BCUT2D eigenvalue weighted by molar-refractivity contribution is 0.102. The molecule has 2 saturated carbocycles. The van der Waals surface area contributed by atoms with E-state index in [9.17, 15) is 4.79 Å². The molecule has 4 nitrogen and oxygen atoms in total. The van der Waals surface area contributed by atoms with Gasteiger partial charge in [-0.3, -0.25) is 4.79 Å². The number of anilines is 1. The number of thiazole rings is 1. The zero-order valence-electron chi connectivity index (χ0n) is 14.0. The van der Waals surface area contributed by atoms with Crippen LogP contribution in [0.4, 0.5) is 5.00 Å². The molecule has 2 unspecified atom stereocenters. The largest absolute Gasteiger partial charge is 0.313 e. The molecule has 1 heterocycles. The predicted molar refractivity (Wildman–Crippen MR) is 108 cm³/mol. The SMILES string of the molecule is Cc1ncc(NC(=O)c2cccc(C3CC3NCC3CC3)c2)s1.Cl.Cl. The second-order valence-corrected chi connectivity index (χ2v) is 7.86. The monoisotopic (exact) mass is 399 g/mol. The van der Waals surface area contributed by atoms with Crippen molar-refractivity contribution in [3.05, 3.63) is 46.6 Å². The van der Waals surface area contributed by atoms with Crippen molar-refractivity contribution in [1.29, 1.82) is 0 Å². The average molecular weight is 400 g/mol. The molecule has 1 aromatic heterocycles. The molecule has 2 aliphatic carbocycles. The van der Waals surface area contributed by atoms with Gasteiger partial charge in [-0.15, -0.1) is 36.2 Å². The summed E-state index contributed by atoms with van der Waals surface area (Å²) in [5, 5.41) is 8.33. The lowest BCUT2D eigenvalue weighted by Crippen LogP contribution is -2.20. The van der Waals surface area contributed by atoms with Crippen LogP contribution < -0.4 is 10.6 Å². The molecule has 2 fully saturated rings. The van der Waals surface area contributed by atoms with Crippen molar-refractivity contribution in [1.82, 2.24) is 10.3 Å². The van der Waals surface area contributed by atoms with E-state index in [1.165, 1.54) is 36.2 Å². The first-order valence-corrected chi connectivity index (χ1v) is 9.08. The van der Waals surface area contributed by atoms with Gasteiger partial charge in [0.25, 0.3) is 5.91 Å². The summed E-state index contributed by atoms with van der Waals surface area (Å²) in [6.07, 6.45) is 5.67. The van der Waals surface area contributed by atoms with E-state index in [0.29, 0.717) is 12.0 Å². The molecule has 1 amide bonds. The maximum atomic E-state index is 12.4. The Morgan fingerprint density at radius 2 is 2.12 bits per heavy atom. The molecule has 0 radical (unpaired) electrons. The fourth-order valence-electron chi connectivity index (χ4n) is 2.94. The van der Waals surface area contributed by atoms with Crippen LogP contribution in [-0.4, -0.2) is 23.5 Å². The molecule has 0 aliphatic heterocycles. The Kier molecular flexibility index (Phi) is 6.86. The van der Waals surface area contributed by atoms with Crippen LogP contribution in [0.3, 0.4) is 0 Å². The number of aryl methyl sites for hydroxylation is 1. The zero-order valence-corrected chi connectivity index (χ0v) is 16.5. The van der Waals surface area contributed by atoms with Crippen LogP contribution >= 0.6 is 36.2 Å². The van der Waals surface area contributed by atoms with E-state index in [-0.39, 0.29) is 30.7 Å². The van der Waals surface area contributed by atoms with Gasteiger partial charge in [-0.25, -0.2) is 4.98 Å². The summed E-state index contributed by atoms with van der Waals surface area (Å²) in [5.41, 5.74) is 1.99. The van der Waals surface area contributed by atoms with Crippen molar-refractivity contribution in [3.8, 4) is 0 Å². The van der Waals surface area contributed by atoms with Crippen molar-refractivity contribution in [3.63, 3.8) is 0 Å². The van der Waals surface area contributed by atoms with Crippen molar-refractivity contribution < 1.29 is 4.79 Å². The van der Waals surface area contributed by atoms with E-state index >= 15 is 0 Å². The maximum Gasteiger partial charge on any atom is 0.256 e. The van der Waals surface area contributed by atoms with Crippen LogP contribution in [0.15, 0.2) is 30.5 Å². The van der Waals surface area contributed by atoms with Crippen LogP contribution in [0.2, 0.25) is 0 Å². The third-order valence-electron chi connectivity index (χ3n) is 4.59. The Labute approximate surface area is 164 Å². The van der Waals surface area contributed by atoms with Crippen molar-refractivity contribution in [2.45, 2.75) is 38.1 Å². The van der Waals surface area contributed by atoms with Crippen LogP contribution in [0.5, 0.6) is 0 Å². The number of hydrogen-bond acceptors (Lipinski definition) is 4. The number of aromatic nitrogens is 1. The molecule has 25 heavy (non-hydrogen) atoms. The van der Waals surface area contributed by atoms with Crippen LogP contribution in [-0.2, 0) is 0 Å². The molecular weight excluding hydrogens is 377 g/mol. The lowest BCUT2D eigenvalue weighted by atomic mass is 10.1. The topological polar surface area (TPSA) is 54.0 Å². The molecule has 4 rings (SSSR count). The first-order chi connectivity index (χ1) is 11.2. The molecule has 2 aromatic rings. The van der Waals surface area contributed by atoms with E-state index in [0.717, 1.165) is 28.0 Å². The minimum Gasteiger partial charge on any atom is -0.313 e. The molecule has 0 bridgehead atoms. The van der Waals surface area contributed by atoms with E-state index < -0.39 is 0 Å². The fourth-order valence-corrected chi connectivity index (χ4v) is 3.62. The van der Waals surface area contributed by atoms with Gasteiger partial charge < -0.3 is 10.6 Å². The Morgan fingerprint density at radius 1 is 1.32 bits per heavy atom. The Hall–Kier alpha value is -1.14. The molecule has 136 valence electrons. The van der Waals surface area contributed by atoms with E-state index in [1.54, 1.807) is 6.20 Å². The molecular formula is C18H23Cl2N3OS. The second-order valence-electron chi connectivity index (χ2n) is 6.62. The third-order valence-corrected chi connectivity index (χ3v) is 5.42. The number of nitrogens with zero attached hydrogens (tertiary/aromatic N) is 1. The summed E-state index contributed by atoms with van der Waals surface area (Å²) >= 11 is 1.50. The highest BCUT2D eigenvalue weighted by Gasteiger charge is 2.39. The number of amides is 1. The second kappa shape index (κ2) is 8.49. The van der Waals surface area contributed by atoms with Crippen molar-refractivity contribution in [2.24, 2.45) is 5.92 Å².